The van der Waals surface area contributed by atoms with Crippen molar-refractivity contribution in [1.29, 1.82) is 0 Å². The van der Waals surface area contributed by atoms with E-state index in [1.807, 2.05) is 0 Å². The maximum Gasteiger partial charge on any atom is 0.259 e. The second kappa shape index (κ2) is 3.06. The molecule has 2 N–H and O–H groups in total. The van der Waals surface area contributed by atoms with E-state index in [1.165, 1.54) is 13.3 Å². The molecule has 2 rings (SSSR count). The molecule has 0 unspecified atom stereocenters. The molecule has 0 amide bonds. The third-order valence-corrected chi connectivity index (χ3v) is 2.10. The molecule has 2 aromatic rings. The number of phenols is 1. The molecule has 1 aromatic heterocycles. The minimum Gasteiger partial charge on any atom is -0.504 e. The van der Waals surface area contributed by atoms with Gasteiger partial charge in [0.2, 0.25) is 0 Å². The third-order valence-electron chi connectivity index (χ3n) is 2.10. The molecule has 0 spiro atoms. The lowest BCUT2D eigenvalue weighted by atomic mass is 10.1. The minimum absolute atomic E-state index is 0.119. The van der Waals surface area contributed by atoms with Crippen molar-refractivity contribution in [3.63, 3.8) is 0 Å². The number of aromatic hydroxyl groups is 1. The molecule has 0 saturated heterocycles. The van der Waals surface area contributed by atoms with Gasteiger partial charge >= 0.3 is 0 Å². The Hall–Kier alpha value is -1.97. The van der Waals surface area contributed by atoms with Gasteiger partial charge in [-0.05, 0) is 17.5 Å². The van der Waals surface area contributed by atoms with Gasteiger partial charge in [0, 0.05) is 6.20 Å². The summed E-state index contributed by atoms with van der Waals surface area (Å²) in [6.07, 6.45) is 1.54. The summed E-state index contributed by atoms with van der Waals surface area (Å²) in [4.78, 5) is 13.9. The summed E-state index contributed by atoms with van der Waals surface area (Å²) in [5.41, 5.74) is -0.320. The number of H-pyrrole nitrogens is 1. The van der Waals surface area contributed by atoms with Crippen LogP contribution in [0.4, 0.5) is 0 Å². The fourth-order valence-electron chi connectivity index (χ4n) is 1.41. The van der Waals surface area contributed by atoms with E-state index in [-0.39, 0.29) is 16.7 Å². The Bertz CT molecular complexity index is 530. The minimum atomic E-state index is -0.320. The van der Waals surface area contributed by atoms with Crippen LogP contribution in [-0.4, -0.2) is 17.2 Å². The van der Waals surface area contributed by atoms with E-state index in [4.69, 9.17) is 4.74 Å². The van der Waals surface area contributed by atoms with Crippen molar-refractivity contribution in [3.05, 3.63) is 34.7 Å². The molecule has 0 radical (unpaired) electrons. The van der Waals surface area contributed by atoms with Crippen LogP contribution < -0.4 is 10.3 Å². The lowest BCUT2D eigenvalue weighted by Gasteiger charge is -2.04. The molecule has 14 heavy (non-hydrogen) atoms. The first-order chi connectivity index (χ1) is 6.74. The summed E-state index contributed by atoms with van der Waals surface area (Å²) in [5.74, 6) is 0.182. The molecule has 0 bridgehead atoms. The topological polar surface area (TPSA) is 62.3 Å². The van der Waals surface area contributed by atoms with Gasteiger partial charge in [0.1, 0.15) is 0 Å². The van der Waals surface area contributed by atoms with Gasteiger partial charge in [-0.15, -0.1) is 0 Å². The van der Waals surface area contributed by atoms with Gasteiger partial charge in [0.25, 0.3) is 5.56 Å². The molecule has 0 aliphatic carbocycles. The predicted molar refractivity (Wildman–Crippen MR) is 52.8 cm³/mol. The molecule has 0 atom stereocenters. The number of methoxy groups -OCH3 is 1. The number of hydrogen-bond donors (Lipinski definition) is 2. The molecule has 1 aromatic carbocycles. The van der Waals surface area contributed by atoms with Crippen LogP contribution in [0.1, 0.15) is 0 Å². The molecule has 0 aliphatic rings. The summed E-state index contributed by atoms with van der Waals surface area (Å²) < 4.78 is 4.91. The maximum absolute atomic E-state index is 11.4. The van der Waals surface area contributed by atoms with Crippen molar-refractivity contribution in [2.75, 3.05) is 7.11 Å². The highest BCUT2D eigenvalue weighted by Crippen LogP contribution is 2.31. The summed E-state index contributed by atoms with van der Waals surface area (Å²) in [5, 5.41) is 10.6. The smallest absolute Gasteiger partial charge is 0.259 e. The van der Waals surface area contributed by atoms with Crippen LogP contribution >= 0.6 is 0 Å². The molecule has 0 saturated carbocycles. The Kier molecular flexibility index (Phi) is 1.89. The first-order valence-corrected chi connectivity index (χ1v) is 4.11. The quantitative estimate of drug-likeness (QED) is 0.712. The monoisotopic (exact) mass is 191 g/mol. The van der Waals surface area contributed by atoms with E-state index >= 15 is 0 Å². The summed E-state index contributed by atoms with van der Waals surface area (Å²) in [6.45, 7) is 0. The van der Waals surface area contributed by atoms with E-state index < -0.39 is 0 Å². The predicted octanol–water partition coefficient (Wildman–Crippen LogP) is 1.24. The number of phenolic OH excluding ortho intramolecular Hbond substituents is 1. The largest absolute Gasteiger partial charge is 0.504 e. The Morgan fingerprint density at radius 3 is 2.86 bits per heavy atom. The first kappa shape index (κ1) is 8.62. The number of nitrogens with one attached hydrogen (secondary N) is 1. The van der Waals surface area contributed by atoms with E-state index in [2.05, 4.69) is 4.98 Å². The zero-order valence-electron chi connectivity index (χ0n) is 7.57. The van der Waals surface area contributed by atoms with Gasteiger partial charge in [-0.2, -0.15) is 0 Å². The number of pyridine rings is 1. The average molecular weight is 191 g/mol. The maximum atomic E-state index is 11.4. The Morgan fingerprint density at radius 2 is 2.14 bits per heavy atom. The lowest BCUT2D eigenvalue weighted by molar-refractivity contribution is 0.376. The third kappa shape index (κ3) is 1.12. The Labute approximate surface area is 79.8 Å². The number of fused-ring (bicyclic) bond motifs is 1. The van der Waals surface area contributed by atoms with Gasteiger partial charge in [0.05, 0.1) is 12.5 Å². The van der Waals surface area contributed by atoms with E-state index in [0.717, 1.165) is 0 Å². The zero-order valence-corrected chi connectivity index (χ0v) is 7.57. The van der Waals surface area contributed by atoms with E-state index in [0.29, 0.717) is 11.1 Å². The summed E-state index contributed by atoms with van der Waals surface area (Å²) in [6, 6.07) is 5.07. The van der Waals surface area contributed by atoms with Crippen molar-refractivity contribution < 1.29 is 9.84 Å². The number of rotatable bonds is 1. The SMILES string of the molecule is COc1ccc2cc[nH]c(=O)c2c1O. The highest BCUT2D eigenvalue weighted by atomic mass is 16.5. The molecule has 1 heterocycles. The summed E-state index contributed by atoms with van der Waals surface area (Å²) in [7, 11) is 1.44. The van der Waals surface area contributed by atoms with E-state index in [1.54, 1.807) is 18.2 Å². The number of aromatic amines is 1. The highest BCUT2D eigenvalue weighted by molar-refractivity contribution is 5.89. The normalized spacial score (nSPS) is 10.4. The fourth-order valence-corrected chi connectivity index (χ4v) is 1.41. The Balaban J connectivity index is 2.94. The average Bonchev–Trinajstić information content (AvgIpc) is 2.18. The fraction of sp³-hybridized carbons (Fsp3) is 0.100. The van der Waals surface area contributed by atoms with Crippen LogP contribution in [-0.2, 0) is 0 Å². The van der Waals surface area contributed by atoms with Crippen LogP contribution in [0.25, 0.3) is 10.8 Å². The highest BCUT2D eigenvalue weighted by Gasteiger charge is 2.08. The second-order valence-corrected chi connectivity index (χ2v) is 2.89. The molecular formula is C10H9NO3. The Morgan fingerprint density at radius 1 is 1.36 bits per heavy atom. The van der Waals surface area contributed by atoms with Crippen molar-refractivity contribution in [2.24, 2.45) is 0 Å². The molecule has 4 nitrogen and oxygen atoms in total. The van der Waals surface area contributed by atoms with E-state index in [9.17, 15) is 9.90 Å². The molecular weight excluding hydrogens is 182 g/mol. The molecule has 0 aliphatic heterocycles. The van der Waals surface area contributed by atoms with Crippen molar-refractivity contribution in [2.45, 2.75) is 0 Å². The van der Waals surface area contributed by atoms with Gasteiger partial charge in [-0.1, -0.05) is 6.07 Å². The van der Waals surface area contributed by atoms with Gasteiger partial charge < -0.3 is 14.8 Å². The van der Waals surface area contributed by atoms with Crippen LogP contribution in [0.3, 0.4) is 0 Å². The van der Waals surface area contributed by atoms with Crippen molar-refractivity contribution in [3.8, 4) is 11.5 Å². The zero-order chi connectivity index (χ0) is 10.1. The number of aromatic nitrogens is 1. The van der Waals surface area contributed by atoms with Gasteiger partial charge in [-0.3, -0.25) is 4.79 Å². The lowest BCUT2D eigenvalue weighted by Crippen LogP contribution is -2.04. The molecule has 4 heteroatoms. The number of ether oxygens (including phenoxy) is 1. The standard InChI is InChI=1S/C10H9NO3/c1-14-7-3-2-6-4-5-11-10(13)8(6)9(7)12/h2-5,12H,1H3,(H,11,13). The van der Waals surface area contributed by atoms with Crippen LogP contribution in [0.15, 0.2) is 29.2 Å². The van der Waals surface area contributed by atoms with Crippen LogP contribution in [0.5, 0.6) is 11.5 Å². The second-order valence-electron chi connectivity index (χ2n) is 2.89. The van der Waals surface area contributed by atoms with Crippen LogP contribution in [0.2, 0.25) is 0 Å². The first-order valence-electron chi connectivity index (χ1n) is 4.11. The van der Waals surface area contributed by atoms with Crippen molar-refractivity contribution >= 4 is 10.8 Å². The molecule has 72 valence electrons. The van der Waals surface area contributed by atoms with Crippen molar-refractivity contribution in [1.82, 2.24) is 4.98 Å². The molecule has 0 fully saturated rings. The van der Waals surface area contributed by atoms with Crippen LogP contribution in [0, 0.1) is 0 Å². The summed E-state index contributed by atoms with van der Waals surface area (Å²) >= 11 is 0. The van der Waals surface area contributed by atoms with Gasteiger partial charge in [-0.25, -0.2) is 0 Å². The van der Waals surface area contributed by atoms with Gasteiger partial charge in [0.15, 0.2) is 11.5 Å². The number of benzene rings is 1. The number of hydrogen-bond acceptors (Lipinski definition) is 3.